The molecule has 1 N–H and O–H groups in total. The Labute approximate surface area is 197 Å². The molecule has 0 aliphatic carbocycles. The summed E-state index contributed by atoms with van der Waals surface area (Å²) in [5, 5.41) is 4.45. The maximum Gasteiger partial charge on any atom is 0.257 e. The van der Waals surface area contributed by atoms with Crippen LogP contribution in [0.1, 0.15) is 15.9 Å². The maximum atomic E-state index is 12.9. The Morgan fingerprint density at radius 2 is 1.75 bits per heavy atom. The van der Waals surface area contributed by atoms with E-state index in [1.54, 1.807) is 19.4 Å². The molecule has 0 saturated carbocycles. The summed E-state index contributed by atoms with van der Waals surface area (Å²) in [4.78, 5) is 21.6. The minimum atomic E-state index is 0.00340. The molecule has 1 aromatic heterocycles. The van der Waals surface area contributed by atoms with Crippen LogP contribution in [0.2, 0.25) is 10.0 Å². The second-order valence-electron chi connectivity index (χ2n) is 7.56. The van der Waals surface area contributed by atoms with Gasteiger partial charge in [0.25, 0.3) is 5.91 Å². The molecule has 1 fully saturated rings. The molecule has 1 amide bonds. The average Bonchev–Trinajstić information content (AvgIpc) is 2.80. The van der Waals surface area contributed by atoms with Crippen LogP contribution in [0.15, 0.2) is 60.8 Å². The van der Waals surface area contributed by atoms with Crippen molar-refractivity contribution in [2.75, 3.05) is 38.6 Å². The lowest BCUT2D eigenvalue weighted by Gasteiger charge is -2.35. The Morgan fingerprint density at radius 1 is 1.03 bits per heavy atom. The second kappa shape index (κ2) is 10.2. The van der Waals surface area contributed by atoms with E-state index in [-0.39, 0.29) is 5.91 Å². The number of nitrogens with zero attached hydrogens (tertiary/aromatic N) is 3. The van der Waals surface area contributed by atoms with Crippen LogP contribution in [-0.4, -0.2) is 54.0 Å². The predicted molar refractivity (Wildman–Crippen MR) is 128 cm³/mol. The van der Waals surface area contributed by atoms with Crippen LogP contribution in [0, 0.1) is 0 Å². The first-order chi connectivity index (χ1) is 15.5. The molecule has 2 heterocycles. The largest absolute Gasteiger partial charge is 0.496 e. The number of rotatable bonds is 6. The van der Waals surface area contributed by atoms with E-state index in [2.05, 4.69) is 15.2 Å². The molecule has 8 heteroatoms. The van der Waals surface area contributed by atoms with Crippen LogP contribution >= 0.6 is 23.2 Å². The molecule has 1 saturated heterocycles. The van der Waals surface area contributed by atoms with Gasteiger partial charge in [0.2, 0.25) is 0 Å². The number of ether oxygens (including phenoxy) is 1. The third-order valence-electron chi connectivity index (χ3n) is 5.41. The van der Waals surface area contributed by atoms with Crippen molar-refractivity contribution in [2.24, 2.45) is 0 Å². The Kier molecular flexibility index (Phi) is 7.15. The van der Waals surface area contributed by atoms with Gasteiger partial charge in [-0.05, 0) is 36.4 Å². The number of nitrogens with one attached hydrogen (secondary N) is 1. The average molecular weight is 471 g/mol. The van der Waals surface area contributed by atoms with Crippen molar-refractivity contribution in [1.29, 1.82) is 0 Å². The van der Waals surface area contributed by atoms with Crippen molar-refractivity contribution in [3.05, 3.63) is 82.0 Å². The Balaban J connectivity index is 1.40. The van der Waals surface area contributed by atoms with Crippen molar-refractivity contribution < 1.29 is 9.53 Å². The summed E-state index contributed by atoms with van der Waals surface area (Å²) in [6.07, 6.45) is 1.75. The number of amides is 1. The number of benzene rings is 2. The Hall–Kier alpha value is -2.80. The standard InChI is InChI=1S/C24H24Cl2N4O2/c1-32-22-7-3-2-6-21(22)24(31)30-11-9-29(10-12-30)16-17-5-4-8-27-23(17)28-20-14-18(25)13-19(26)15-20/h2-8,13-15H,9-12,16H2,1H3,(H,27,28). The van der Waals surface area contributed by atoms with Crippen molar-refractivity contribution in [2.45, 2.75) is 6.54 Å². The zero-order valence-electron chi connectivity index (χ0n) is 17.7. The van der Waals surface area contributed by atoms with Crippen molar-refractivity contribution in [1.82, 2.24) is 14.8 Å². The van der Waals surface area contributed by atoms with Gasteiger partial charge in [-0.2, -0.15) is 0 Å². The summed E-state index contributed by atoms with van der Waals surface area (Å²) in [7, 11) is 1.58. The molecular weight excluding hydrogens is 447 g/mol. The van der Waals surface area contributed by atoms with Gasteiger partial charge in [0, 0.05) is 60.2 Å². The van der Waals surface area contributed by atoms with Crippen LogP contribution in [0.25, 0.3) is 0 Å². The highest BCUT2D eigenvalue weighted by molar-refractivity contribution is 6.35. The van der Waals surface area contributed by atoms with Gasteiger partial charge < -0.3 is 15.0 Å². The number of carbonyl (C=O) groups is 1. The van der Waals surface area contributed by atoms with Crippen molar-refractivity contribution >= 4 is 40.6 Å². The van der Waals surface area contributed by atoms with Crippen molar-refractivity contribution in [3.63, 3.8) is 0 Å². The molecule has 0 bridgehead atoms. The molecule has 0 spiro atoms. The van der Waals surface area contributed by atoms with E-state index < -0.39 is 0 Å². The molecule has 4 rings (SSSR count). The van der Waals surface area contributed by atoms with E-state index in [0.717, 1.165) is 36.7 Å². The number of methoxy groups -OCH3 is 1. The lowest BCUT2D eigenvalue weighted by Crippen LogP contribution is -2.48. The van der Waals surface area contributed by atoms with Crippen molar-refractivity contribution in [3.8, 4) is 5.75 Å². The maximum absolute atomic E-state index is 12.9. The van der Waals surface area contributed by atoms with Gasteiger partial charge in [-0.25, -0.2) is 4.98 Å². The highest BCUT2D eigenvalue weighted by Crippen LogP contribution is 2.27. The van der Waals surface area contributed by atoms with Gasteiger partial charge in [0.1, 0.15) is 11.6 Å². The number of hydrogen-bond acceptors (Lipinski definition) is 5. The molecule has 2 aromatic carbocycles. The van der Waals surface area contributed by atoms with Crippen LogP contribution in [0.4, 0.5) is 11.5 Å². The summed E-state index contributed by atoms with van der Waals surface area (Å²) in [5.41, 5.74) is 2.45. The van der Waals surface area contributed by atoms with E-state index in [4.69, 9.17) is 27.9 Å². The number of para-hydroxylation sites is 1. The Bertz CT molecular complexity index is 1080. The monoisotopic (exact) mass is 470 g/mol. The van der Waals surface area contributed by atoms with Gasteiger partial charge in [0.05, 0.1) is 12.7 Å². The molecule has 0 radical (unpaired) electrons. The van der Waals surface area contributed by atoms with Gasteiger partial charge in [-0.1, -0.05) is 41.4 Å². The lowest BCUT2D eigenvalue weighted by molar-refractivity contribution is 0.0625. The zero-order valence-corrected chi connectivity index (χ0v) is 19.2. The highest BCUT2D eigenvalue weighted by atomic mass is 35.5. The van der Waals surface area contributed by atoms with E-state index >= 15 is 0 Å². The molecule has 0 unspecified atom stereocenters. The molecule has 3 aromatic rings. The molecule has 32 heavy (non-hydrogen) atoms. The molecule has 166 valence electrons. The number of piperazine rings is 1. The van der Waals surface area contributed by atoms with Crippen LogP contribution in [0.5, 0.6) is 5.75 Å². The van der Waals surface area contributed by atoms with Gasteiger partial charge in [-0.15, -0.1) is 0 Å². The van der Waals surface area contributed by atoms with E-state index in [1.807, 2.05) is 53.4 Å². The SMILES string of the molecule is COc1ccccc1C(=O)N1CCN(Cc2cccnc2Nc2cc(Cl)cc(Cl)c2)CC1. The third kappa shape index (κ3) is 5.33. The van der Waals surface area contributed by atoms with Crippen LogP contribution in [-0.2, 0) is 6.54 Å². The predicted octanol–water partition coefficient (Wildman–Crippen LogP) is 5.10. The van der Waals surface area contributed by atoms with Gasteiger partial charge in [-0.3, -0.25) is 9.69 Å². The Morgan fingerprint density at radius 3 is 2.47 bits per heavy atom. The van der Waals surface area contributed by atoms with Gasteiger partial charge in [0.15, 0.2) is 0 Å². The first-order valence-corrected chi connectivity index (χ1v) is 11.1. The fraction of sp³-hybridized carbons (Fsp3) is 0.250. The number of hydrogen-bond donors (Lipinski definition) is 1. The minimum Gasteiger partial charge on any atom is -0.496 e. The van der Waals surface area contributed by atoms with E-state index in [0.29, 0.717) is 34.4 Å². The molecule has 1 aliphatic rings. The summed E-state index contributed by atoms with van der Waals surface area (Å²) < 4.78 is 5.35. The number of halogens is 2. The molecule has 1 aliphatic heterocycles. The van der Waals surface area contributed by atoms with E-state index in [9.17, 15) is 4.79 Å². The molecule has 0 atom stereocenters. The van der Waals surface area contributed by atoms with Crippen LogP contribution in [0.3, 0.4) is 0 Å². The zero-order chi connectivity index (χ0) is 22.5. The van der Waals surface area contributed by atoms with Crippen LogP contribution < -0.4 is 10.1 Å². The van der Waals surface area contributed by atoms with E-state index in [1.165, 1.54) is 0 Å². The molecular formula is C24H24Cl2N4O2. The summed E-state index contributed by atoms with van der Waals surface area (Å²) in [6, 6.07) is 16.6. The first-order valence-electron chi connectivity index (χ1n) is 10.3. The minimum absolute atomic E-state index is 0.00340. The fourth-order valence-corrected chi connectivity index (χ4v) is 4.31. The topological polar surface area (TPSA) is 57.7 Å². The second-order valence-corrected chi connectivity index (χ2v) is 8.44. The number of aromatic nitrogens is 1. The summed E-state index contributed by atoms with van der Waals surface area (Å²) in [5.74, 6) is 1.37. The smallest absolute Gasteiger partial charge is 0.257 e. The first kappa shape index (κ1) is 22.4. The third-order valence-corrected chi connectivity index (χ3v) is 5.84. The number of pyridine rings is 1. The summed E-state index contributed by atoms with van der Waals surface area (Å²) in [6.45, 7) is 3.59. The normalized spacial score (nSPS) is 14.3. The summed E-state index contributed by atoms with van der Waals surface area (Å²) >= 11 is 12.2. The lowest BCUT2D eigenvalue weighted by atomic mass is 10.1. The number of carbonyl (C=O) groups excluding carboxylic acids is 1. The number of anilines is 2. The molecule has 6 nitrogen and oxygen atoms in total. The fourth-order valence-electron chi connectivity index (χ4n) is 3.78. The van der Waals surface area contributed by atoms with Gasteiger partial charge >= 0.3 is 0 Å². The highest BCUT2D eigenvalue weighted by Gasteiger charge is 2.24. The quantitative estimate of drug-likeness (QED) is 0.542.